The highest BCUT2D eigenvalue weighted by Crippen LogP contribution is 2.44. The zero-order chi connectivity index (χ0) is 19.1. The summed E-state index contributed by atoms with van der Waals surface area (Å²) in [6.07, 6.45) is 0. The number of benzene rings is 3. The summed E-state index contributed by atoms with van der Waals surface area (Å²) in [6, 6.07) is 24.0. The van der Waals surface area contributed by atoms with Crippen molar-refractivity contribution in [3.05, 3.63) is 89.5 Å². The van der Waals surface area contributed by atoms with Crippen molar-refractivity contribution in [2.75, 3.05) is 21.3 Å². The van der Waals surface area contributed by atoms with E-state index in [1.807, 2.05) is 60.7 Å². The fourth-order valence-electron chi connectivity index (χ4n) is 3.01. The lowest BCUT2D eigenvalue weighted by atomic mass is 9.90. The van der Waals surface area contributed by atoms with Crippen molar-refractivity contribution in [1.82, 2.24) is 0 Å². The van der Waals surface area contributed by atoms with Gasteiger partial charge in [0.15, 0.2) is 11.5 Å². The summed E-state index contributed by atoms with van der Waals surface area (Å²) in [5.41, 5.74) is 2.99. The van der Waals surface area contributed by atoms with E-state index in [-0.39, 0.29) is 5.92 Å². The van der Waals surface area contributed by atoms with Gasteiger partial charge in [-0.05, 0) is 29.8 Å². The summed E-state index contributed by atoms with van der Waals surface area (Å²) >= 11 is 0. The van der Waals surface area contributed by atoms with Crippen molar-refractivity contribution in [1.29, 1.82) is 0 Å². The molecule has 0 heterocycles. The van der Waals surface area contributed by atoms with Crippen LogP contribution in [0, 0.1) is 11.8 Å². The van der Waals surface area contributed by atoms with Gasteiger partial charge in [-0.1, -0.05) is 60.4 Å². The third-order valence-corrected chi connectivity index (χ3v) is 4.31. The maximum atomic E-state index is 5.69. The van der Waals surface area contributed by atoms with Crippen LogP contribution in [0.15, 0.2) is 72.8 Å². The number of methoxy groups -OCH3 is 3. The van der Waals surface area contributed by atoms with Crippen molar-refractivity contribution in [2.45, 2.75) is 5.92 Å². The highest BCUT2D eigenvalue weighted by atomic mass is 16.5. The Bertz CT molecular complexity index is 938. The minimum Gasteiger partial charge on any atom is -0.493 e. The van der Waals surface area contributed by atoms with Crippen LogP contribution in [0.2, 0.25) is 0 Å². The monoisotopic (exact) mass is 358 g/mol. The normalized spacial score (nSPS) is 11.1. The standard InChI is InChI=1S/C24H22O3/c1-25-22-17-16-21(23(26-2)24(22)27-3)20(19-12-8-5-9-13-19)15-14-18-10-6-4-7-11-18/h4-13,16-17,20H,1-3H3. The predicted octanol–water partition coefficient (Wildman–Crippen LogP) is 4.90. The van der Waals surface area contributed by atoms with Crippen LogP contribution in [0.5, 0.6) is 17.2 Å². The van der Waals surface area contributed by atoms with Gasteiger partial charge in [0.2, 0.25) is 5.75 Å². The van der Waals surface area contributed by atoms with E-state index in [0.29, 0.717) is 17.2 Å². The summed E-state index contributed by atoms with van der Waals surface area (Å²) < 4.78 is 16.6. The molecule has 3 rings (SSSR count). The Balaban J connectivity index is 2.16. The van der Waals surface area contributed by atoms with Gasteiger partial charge in [-0.25, -0.2) is 0 Å². The fourth-order valence-corrected chi connectivity index (χ4v) is 3.01. The molecule has 0 aliphatic rings. The van der Waals surface area contributed by atoms with E-state index in [2.05, 4.69) is 24.0 Å². The van der Waals surface area contributed by atoms with E-state index in [4.69, 9.17) is 14.2 Å². The first-order valence-electron chi connectivity index (χ1n) is 8.69. The highest BCUT2D eigenvalue weighted by Gasteiger charge is 2.22. The Morgan fingerprint density at radius 3 is 1.89 bits per heavy atom. The molecular formula is C24H22O3. The summed E-state index contributed by atoms with van der Waals surface area (Å²) in [6.45, 7) is 0. The molecule has 0 saturated heterocycles. The molecule has 0 bridgehead atoms. The zero-order valence-electron chi connectivity index (χ0n) is 15.7. The molecule has 0 spiro atoms. The predicted molar refractivity (Wildman–Crippen MR) is 108 cm³/mol. The molecule has 0 aliphatic heterocycles. The summed E-state index contributed by atoms with van der Waals surface area (Å²) in [7, 11) is 4.85. The molecule has 0 fully saturated rings. The fraction of sp³-hybridized carbons (Fsp3) is 0.167. The van der Waals surface area contributed by atoms with E-state index in [0.717, 1.165) is 16.7 Å². The maximum Gasteiger partial charge on any atom is 0.203 e. The summed E-state index contributed by atoms with van der Waals surface area (Å²) in [4.78, 5) is 0. The van der Waals surface area contributed by atoms with Crippen LogP contribution in [0.25, 0.3) is 0 Å². The Hall–Kier alpha value is -3.38. The second-order valence-electron chi connectivity index (χ2n) is 5.90. The van der Waals surface area contributed by atoms with E-state index >= 15 is 0 Å². The van der Waals surface area contributed by atoms with E-state index < -0.39 is 0 Å². The average molecular weight is 358 g/mol. The minimum atomic E-state index is -0.166. The Morgan fingerprint density at radius 1 is 0.667 bits per heavy atom. The van der Waals surface area contributed by atoms with Gasteiger partial charge in [0, 0.05) is 11.1 Å². The van der Waals surface area contributed by atoms with Gasteiger partial charge in [0.1, 0.15) is 0 Å². The van der Waals surface area contributed by atoms with Crippen LogP contribution in [-0.4, -0.2) is 21.3 Å². The maximum absolute atomic E-state index is 5.69. The second kappa shape index (κ2) is 8.82. The molecule has 3 aromatic rings. The Labute approximate surface area is 160 Å². The topological polar surface area (TPSA) is 27.7 Å². The molecule has 3 heteroatoms. The molecular weight excluding hydrogens is 336 g/mol. The zero-order valence-corrected chi connectivity index (χ0v) is 15.7. The smallest absolute Gasteiger partial charge is 0.203 e. The third-order valence-electron chi connectivity index (χ3n) is 4.31. The van der Waals surface area contributed by atoms with Crippen molar-refractivity contribution in [2.24, 2.45) is 0 Å². The molecule has 1 unspecified atom stereocenters. The first-order valence-corrected chi connectivity index (χ1v) is 8.69. The van der Waals surface area contributed by atoms with Gasteiger partial charge in [-0.15, -0.1) is 0 Å². The Morgan fingerprint density at radius 2 is 1.30 bits per heavy atom. The molecule has 0 N–H and O–H groups in total. The van der Waals surface area contributed by atoms with Crippen molar-refractivity contribution < 1.29 is 14.2 Å². The minimum absolute atomic E-state index is 0.166. The van der Waals surface area contributed by atoms with Gasteiger partial charge in [-0.3, -0.25) is 0 Å². The van der Waals surface area contributed by atoms with Gasteiger partial charge < -0.3 is 14.2 Å². The first kappa shape index (κ1) is 18.4. The van der Waals surface area contributed by atoms with Crippen LogP contribution in [0.3, 0.4) is 0 Å². The van der Waals surface area contributed by atoms with Crippen molar-refractivity contribution >= 4 is 0 Å². The average Bonchev–Trinajstić information content (AvgIpc) is 2.74. The number of rotatable bonds is 5. The molecule has 3 aromatic carbocycles. The molecule has 0 aliphatic carbocycles. The number of hydrogen-bond donors (Lipinski definition) is 0. The van der Waals surface area contributed by atoms with Crippen LogP contribution in [-0.2, 0) is 0 Å². The SMILES string of the molecule is COc1ccc(C(C#Cc2ccccc2)c2ccccc2)c(OC)c1OC. The van der Waals surface area contributed by atoms with E-state index in [1.165, 1.54) is 0 Å². The molecule has 136 valence electrons. The summed E-state index contributed by atoms with van der Waals surface area (Å²) in [5, 5.41) is 0. The molecule has 0 amide bonds. The van der Waals surface area contributed by atoms with E-state index in [1.54, 1.807) is 21.3 Å². The summed E-state index contributed by atoms with van der Waals surface area (Å²) in [5.74, 6) is 8.35. The molecule has 3 nitrogen and oxygen atoms in total. The van der Waals surface area contributed by atoms with Gasteiger partial charge in [-0.2, -0.15) is 0 Å². The first-order chi connectivity index (χ1) is 13.3. The van der Waals surface area contributed by atoms with Crippen LogP contribution < -0.4 is 14.2 Å². The molecule has 0 saturated carbocycles. The molecule has 27 heavy (non-hydrogen) atoms. The van der Waals surface area contributed by atoms with Gasteiger partial charge in [0.05, 0.1) is 27.2 Å². The number of ether oxygens (including phenoxy) is 3. The highest BCUT2D eigenvalue weighted by molar-refractivity contribution is 5.60. The van der Waals surface area contributed by atoms with Crippen LogP contribution >= 0.6 is 0 Å². The lowest BCUT2D eigenvalue weighted by molar-refractivity contribution is 0.322. The van der Waals surface area contributed by atoms with Crippen LogP contribution in [0.1, 0.15) is 22.6 Å². The van der Waals surface area contributed by atoms with Crippen molar-refractivity contribution in [3.8, 4) is 29.1 Å². The van der Waals surface area contributed by atoms with Gasteiger partial charge in [0.25, 0.3) is 0 Å². The number of hydrogen-bond acceptors (Lipinski definition) is 3. The molecule has 1 atom stereocenters. The lowest BCUT2D eigenvalue weighted by Gasteiger charge is -2.19. The quantitative estimate of drug-likeness (QED) is 0.608. The van der Waals surface area contributed by atoms with Crippen molar-refractivity contribution in [3.63, 3.8) is 0 Å². The largest absolute Gasteiger partial charge is 0.493 e. The lowest BCUT2D eigenvalue weighted by Crippen LogP contribution is -2.04. The van der Waals surface area contributed by atoms with Gasteiger partial charge >= 0.3 is 0 Å². The third kappa shape index (κ3) is 4.07. The Kier molecular flexibility index (Phi) is 6.02. The van der Waals surface area contributed by atoms with E-state index in [9.17, 15) is 0 Å². The molecule has 0 radical (unpaired) electrons. The molecule has 0 aromatic heterocycles. The van der Waals surface area contributed by atoms with Crippen LogP contribution in [0.4, 0.5) is 0 Å². The second-order valence-corrected chi connectivity index (χ2v) is 5.90.